The first-order valence-corrected chi connectivity index (χ1v) is 6.49. The summed E-state index contributed by atoms with van der Waals surface area (Å²) in [5.41, 5.74) is 6.20. The summed E-state index contributed by atoms with van der Waals surface area (Å²) in [5, 5.41) is 0. The van der Waals surface area contributed by atoms with Gasteiger partial charge in [-0.15, -0.1) is 0 Å². The summed E-state index contributed by atoms with van der Waals surface area (Å²) in [6, 6.07) is 2.78. The Balaban J connectivity index is 2.40. The van der Waals surface area contributed by atoms with Crippen LogP contribution in [0.5, 0.6) is 0 Å². The first-order valence-electron chi connectivity index (χ1n) is 6.49. The fraction of sp³-hybridized carbons (Fsp3) is 0.600. The number of hydrogen-bond acceptors (Lipinski definition) is 1. The van der Waals surface area contributed by atoms with E-state index in [0.717, 1.165) is 12.8 Å². The van der Waals surface area contributed by atoms with Crippen LogP contribution in [0.4, 0.5) is 8.78 Å². The number of nitrogens with two attached hydrogens (primary N) is 1. The summed E-state index contributed by atoms with van der Waals surface area (Å²) >= 11 is 0. The molecule has 1 saturated carbocycles. The van der Waals surface area contributed by atoms with Gasteiger partial charge >= 0.3 is 0 Å². The Kier molecular flexibility index (Phi) is 3.22. The lowest BCUT2D eigenvalue weighted by Crippen LogP contribution is -2.44. The van der Waals surface area contributed by atoms with E-state index in [1.165, 1.54) is 12.1 Å². The van der Waals surface area contributed by atoms with Crippen molar-refractivity contribution in [3.8, 4) is 0 Å². The minimum atomic E-state index is -0.851. The Labute approximate surface area is 107 Å². The molecule has 2 rings (SSSR count). The predicted octanol–water partition coefficient (Wildman–Crippen LogP) is 4.03. The Morgan fingerprint density at radius 1 is 1.06 bits per heavy atom. The predicted molar refractivity (Wildman–Crippen MR) is 69.2 cm³/mol. The highest BCUT2D eigenvalue weighted by Crippen LogP contribution is 2.45. The van der Waals surface area contributed by atoms with E-state index in [0.29, 0.717) is 18.4 Å². The van der Waals surface area contributed by atoms with Crippen LogP contribution in [0, 0.1) is 24.0 Å². The summed E-state index contributed by atoms with van der Waals surface area (Å²) in [6.45, 7) is 6.00. The van der Waals surface area contributed by atoms with Gasteiger partial charge in [0.2, 0.25) is 0 Å². The van der Waals surface area contributed by atoms with Gasteiger partial charge in [0.15, 0.2) is 0 Å². The third kappa shape index (κ3) is 2.28. The van der Waals surface area contributed by atoms with Crippen molar-refractivity contribution in [2.75, 3.05) is 0 Å². The standard InChI is InChI=1S/C15H21F2N/c1-10-4-5-11(16)12(13(10)17)15(18)8-6-14(2,3)7-9-15/h4-5H,6-9,18H2,1-3H3. The van der Waals surface area contributed by atoms with Crippen molar-refractivity contribution in [2.24, 2.45) is 11.1 Å². The maximum atomic E-state index is 14.2. The molecule has 1 aromatic carbocycles. The molecular formula is C15H21F2N. The lowest BCUT2D eigenvalue weighted by Gasteiger charge is -2.41. The normalized spacial score (nSPS) is 21.9. The van der Waals surface area contributed by atoms with Crippen LogP contribution in [-0.4, -0.2) is 0 Å². The molecule has 100 valence electrons. The van der Waals surface area contributed by atoms with Crippen molar-refractivity contribution in [2.45, 2.75) is 52.0 Å². The summed E-state index contributed by atoms with van der Waals surface area (Å²) in [7, 11) is 0. The fourth-order valence-electron chi connectivity index (χ4n) is 2.74. The van der Waals surface area contributed by atoms with E-state index in [9.17, 15) is 8.78 Å². The van der Waals surface area contributed by atoms with E-state index >= 15 is 0 Å². The molecular weight excluding hydrogens is 232 g/mol. The quantitative estimate of drug-likeness (QED) is 0.803. The van der Waals surface area contributed by atoms with Crippen molar-refractivity contribution in [3.05, 3.63) is 34.9 Å². The molecule has 0 aliphatic heterocycles. The molecule has 0 saturated heterocycles. The topological polar surface area (TPSA) is 26.0 Å². The first-order chi connectivity index (χ1) is 8.25. The Hall–Kier alpha value is -0.960. The van der Waals surface area contributed by atoms with E-state index in [1.54, 1.807) is 6.92 Å². The highest BCUT2D eigenvalue weighted by atomic mass is 19.1. The molecule has 3 heteroatoms. The van der Waals surface area contributed by atoms with Crippen molar-refractivity contribution in [3.63, 3.8) is 0 Å². The van der Waals surface area contributed by atoms with Gasteiger partial charge in [-0.25, -0.2) is 8.78 Å². The second kappa shape index (κ2) is 4.30. The lowest BCUT2D eigenvalue weighted by atomic mass is 9.67. The number of benzene rings is 1. The second-order valence-corrected chi connectivity index (χ2v) is 6.37. The molecule has 1 nitrogen and oxygen atoms in total. The molecule has 1 aliphatic carbocycles. The molecule has 2 N–H and O–H groups in total. The minimum absolute atomic E-state index is 0.0815. The van der Waals surface area contributed by atoms with Gasteiger partial charge in [-0.2, -0.15) is 0 Å². The van der Waals surface area contributed by atoms with Crippen LogP contribution >= 0.6 is 0 Å². The molecule has 0 spiro atoms. The lowest BCUT2D eigenvalue weighted by molar-refractivity contribution is 0.159. The first kappa shape index (κ1) is 13.5. The zero-order valence-electron chi connectivity index (χ0n) is 11.3. The maximum Gasteiger partial charge on any atom is 0.134 e. The number of halogens is 2. The average molecular weight is 253 g/mol. The minimum Gasteiger partial charge on any atom is -0.321 e. The molecule has 18 heavy (non-hydrogen) atoms. The maximum absolute atomic E-state index is 14.2. The molecule has 0 heterocycles. The molecule has 0 unspecified atom stereocenters. The number of hydrogen-bond donors (Lipinski definition) is 1. The highest BCUT2D eigenvalue weighted by Gasteiger charge is 2.40. The largest absolute Gasteiger partial charge is 0.321 e. The highest BCUT2D eigenvalue weighted by molar-refractivity contribution is 5.33. The zero-order chi connectivity index (χ0) is 13.6. The third-order valence-electron chi connectivity index (χ3n) is 4.28. The Morgan fingerprint density at radius 2 is 1.61 bits per heavy atom. The summed E-state index contributed by atoms with van der Waals surface area (Å²) < 4.78 is 28.1. The van der Waals surface area contributed by atoms with Crippen molar-refractivity contribution in [1.82, 2.24) is 0 Å². The van der Waals surface area contributed by atoms with Gasteiger partial charge in [-0.05, 0) is 49.7 Å². The molecule has 1 fully saturated rings. The zero-order valence-corrected chi connectivity index (χ0v) is 11.3. The molecule has 0 aromatic heterocycles. The Bertz CT molecular complexity index is 456. The van der Waals surface area contributed by atoms with Crippen molar-refractivity contribution < 1.29 is 8.78 Å². The van der Waals surface area contributed by atoms with Crippen LogP contribution in [0.25, 0.3) is 0 Å². The van der Waals surface area contributed by atoms with Crippen molar-refractivity contribution >= 4 is 0 Å². The molecule has 0 amide bonds. The van der Waals surface area contributed by atoms with Crippen LogP contribution in [0.2, 0.25) is 0 Å². The van der Waals surface area contributed by atoms with Crippen molar-refractivity contribution in [1.29, 1.82) is 0 Å². The van der Waals surface area contributed by atoms with E-state index in [2.05, 4.69) is 13.8 Å². The van der Waals surface area contributed by atoms with Crippen LogP contribution in [0.3, 0.4) is 0 Å². The van der Waals surface area contributed by atoms with Crippen LogP contribution in [0.15, 0.2) is 12.1 Å². The molecule has 1 aromatic rings. The van der Waals surface area contributed by atoms with Gasteiger partial charge in [-0.1, -0.05) is 19.9 Å². The van der Waals surface area contributed by atoms with E-state index in [1.807, 2.05) is 0 Å². The van der Waals surface area contributed by atoms with E-state index in [-0.39, 0.29) is 11.0 Å². The summed E-state index contributed by atoms with van der Waals surface area (Å²) in [6.07, 6.45) is 3.07. The van der Waals surface area contributed by atoms with Gasteiger partial charge in [0.05, 0.1) is 0 Å². The van der Waals surface area contributed by atoms with Gasteiger partial charge < -0.3 is 5.73 Å². The van der Waals surface area contributed by atoms with Crippen LogP contribution in [-0.2, 0) is 5.54 Å². The molecule has 0 bridgehead atoms. The smallest absolute Gasteiger partial charge is 0.134 e. The van der Waals surface area contributed by atoms with E-state index < -0.39 is 17.2 Å². The van der Waals surface area contributed by atoms with Crippen LogP contribution < -0.4 is 5.73 Å². The summed E-state index contributed by atoms with van der Waals surface area (Å²) in [4.78, 5) is 0. The van der Waals surface area contributed by atoms with Gasteiger partial charge in [-0.3, -0.25) is 0 Å². The number of aryl methyl sites for hydroxylation is 1. The fourth-order valence-corrected chi connectivity index (χ4v) is 2.74. The number of rotatable bonds is 1. The third-order valence-corrected chi connectivity index (χ3v) is 4.28. The monoisotopic (exact) mass is 253 g/mol. The molecule has 0 radical (unpaired) electrons. The SMILES string of the molecule is Cc1ccc(F)c(C2(N)CCC(C)(C)CC2)c1F. The van der Waals surface area contributed by atoms with Gasteiger partial charge in [0.25, 0.3) is 0 Å². The van der Waals surface area contributed by atoms with E-state index in [4.69, 9.17) is 5.73 Å². The van der Waals surface area contributed by atoms with Gasteiger partial charge in [0, 0.05) is 11.1 Å². The second-order valence-electron chi connectivity index (χ2n) is 6.37. The Morgan fingerprint density at radius 3 is 2.17 bits per heavy atom. The molecule has 1 aliphatic rings. The average Bonchev–Trinajstić information content (AvgIpc) is 2.29. The summed E-state index contributed by atoms with van der Waals surface area (Å²) in [5.74, 6) is -0.988. The molecule has 0 atom stereocenters. The van der Waals surface area contributed by atoms with Gasteiger partial charge in [0.1, 0.15) is 11.6 Å². The van der Waals surface area contributed by atoms with Crippen LogP contribution in [0.1, 0.15) is 50.7 Å².